The predicted molar refractivity (Wildman–Crippen MR) is 86.1 cm³/mol. The van der Waals surface area contributed by atoms with Crippen LogP contribution in [0.3, 0.4) is 0 Å². The molecule has 0 aliphatic carbocycles. The van der Waals surface area contributed by atoms with E-state index in [1.807, 2.05) is 0 Å². The van der Waals surface area contributed by atoms with E-state index in [1.54, 1.807) is 38.1 Å². The van der Waals surface area contributed by atoms with Gasteiger partial charge in [-0.15, -0.1) is 0 Å². The van der Waals surface area contributed by atoms with Crippen LogP contribution in [-0.4, -0.2) is 24.9 Å². The van der Waals surface area contributed by atoms with E-state index in [0.29, 0.717) is 16.2 Å². The summed E-state index contributed by atoms with van der Waals surface area (Å²) < 4.78 is 35.8. The van der Waals surface area contributed by atoms with Crippen molar-refractivity contribution in [1.82, 2.24) is 14.1 Å². The second kappa shape index (κ2) is 6.64. The molecule has 1 N–H and O–H groups in total. The molecule has 2 rings (SSSR count). The van der Waals surface area contributed by atoms with Crippen molar-refractivity contribution in [1.29, 1.82) is 0 Å². The van der Waals surface area contributed by atoms with E-state index >= 15 is 0 Å². The van der Waals surface area contributed by atoms with Gasteiger partial charge in [0.15, 0.2) is 11.7 Å². The quantitative estimate of drug-likeness (QED) is 0.830. The lowest BCUT2D eigenvalue weighted by Gasteiger charge is -2.09. The van der Waals surface area contributed by atoms with Crippen LogP contribution >= 0.6 is 23.1 Å². The fourth-order valence-corrected chi connectivity index (χ4v) is 3.69. The lowest BCUT2D eigenvalue weighted by molar-refractivity contribution is 0.272. The summed E-state index contributed by atoms with van der Waals surface area (Å²) in [4.78, 5) is 4.05. The molecule has 1 heterocycles. The van der Waals surface area contributed by atoms with Gasteiger partial charge in [0.1, 0.15) is 0 Å². The van der Waals surface area contributed by atoms with E-state index in [-0.39, 0.29) is 16.0 Å². The van der Waals surface area contributed by atoms with Crippen LogP contribution in [0.4, 0.5) is 0 Å². The molecule has 0 radical (unpaired) electrons. The monoisotopic (exact) mass is 359 g/mol. The average molecular weight is 360 g/mol. The van der Waals surface area contributed by atoms with Crippen LogP contribution in [0.15, 0.2) is 40.1 Å². The second-order valence-corrected chi connectivity index (χ2v) is 7.52. The van der Waals surface area contributed by atoms with Crippen molar-refractivity contribution in [2.45, 2.75) is 18.2 Å². The molecule has 0 spiro atoms. The van der Waals surface area contributed by atoms with Gasteiger partial charge in [-0.05, 0) is 31.6 Å². The predicted octanol–water partition coefficient (Wildman–Crippen LogP) is 3.03. The second-order valence-electron chi connectivity index (χ2n) is 4.50. The lowest BCUT2D eigenvalue weighted by atomic mass is 10.2. The van der Waals surface area contributed by atoms with Crippen LogP contribution in [0.25, 0.3) is 11.4 Å². The Balaban J connectivity index is 2.36. The Bertz CT molecular complexity index is 811. The molecule has 118 valence electrons. The van der Waals surface area contributed by atoms with Crippen molar-refractivity contribution in [3.8, 4) is 11.4 Å². The Morgan fingerprint density at radius 1 is 1.32 bits per heavy atom. The molecule has 0 bridgehead atoms. The van der Waals surface area contributed by atoms with Crippen LogP contribution in [0.5, 0.6) is 0 Å². The number of aromatic nitrogens is 2. The van der Waals surface area contributed by atoms with Crippen molar-refractivity contribution in [3.63, 3.8) is 0 Å². The van der Waals surface area contributed by atoms with Crippen molar-refractivity contribution >= 4 is 33.2 Å². The molecule has 0 fully saturated rings. The van der Waals surface area contributed by atoms with Gasteiger partial charge in [0.2, 0.25) is 4.34 Å². The smallest absolute Gasteiger partial charge is 0.293 e. The number of hydrogen-bond donors (Lipinski definition) is 1. The summed E-state index contributed by atoms with van der Waals surface area (Å²) in [5.41, 5.74) is 1.28. The largest absolute Gasteiger partial charge is 0.482 e. The number of ether oxygens (including phenoxy) is 1. The van der Waals surface area contributed by atoms with Crippen molar-refractivity contribution in [2.24, 2.45) is 0 Å². The van der Waals surface area contributed by atoms with E-state index in [0.717, 1.165) is 11.5 Å². The van der Waals surface area contributed by atoms with Gasteiger partial charge in [-0.25, -0.2) is 9.71 Å². The van der Waals surface area contributed by atoms with E-state index in [2.05, 4.69) is 14.1 Å². The molecule has 0 saturated carbocycles. The molecular formula is C13H14ClN3O3S2. The third-order valence-electron chi connectivity index (χ3n) is 2.64. The van der Waals surface area contributed by atoms with Gasteiger partial charge in [-0.1, -0.05) is 23.7 Å². The first-order valence-corrected chi connectivity index (χ1v) is 8.81. The number of halogens is 1. The van der Waals surface area contributed by atoms with Crippen LogP contribution < -0.4 is 4.72 Å². The number of nitrogens with one attached hydrogen (secondary N) is 1. The minimum atomic E-state index is -3.85. The van der Waals surface area contributed by atoms with Gasteiger partial charge in [0.05, 0.1) is 12.1 Å². The number of methoxy groups -OCH3 is 1. The molecule has 1 aromatic carbocycles. The molecule has 0 amide bonds. The Labute approximate surface area is 138 Å². The fraction of sp³-hybridized carbons (Fsp3) is 0.231. The topological polar surface area (TPSA) is 81.2 Å². The molecule has 0 atom stereocenters. The zero-order chi connectivity index (χ0) is 16.3. The van der Waals surface area contributed by atoms with Gasteiger partial charge in [-0.3, -0.25) is 0 Å². The van der Waals surface area contributed by atoms with Gasteiger partial charge in [0, 0.05) is 17.1 Å². The number of benzene rings is 1. The SMILES string of the molecule is COC(NS(=O)(=O)c1nc(-c2ccccc2Cl)ns1)=C(C)C. The summed E-state index contributed by atoms with van der Waals surface area (Å²) in [6, 6.07) is 6.97. The Morgan fingerprint density at radius 3 is 2.59 bits per heavy atom. The highest BCUT2D eigenvalue weighted by Gasteiger charge is 2.23. The molecule has 1 aromatic heterocycles. The highest BCUT2D eigenvalue weighted by atomic mass is 35.5. The Kier molecular flexibility index (Phi) is 5.05. The first-order chi connectivity index (χ1) is 10.3. The zero-order valence-corrected chi connectivity index (χ0v) is 14.5. The fourth-order valence-electron chi connectivity index (χ4n) is 1.58. The highest BCUT2D eigenvalue weighted by Crippen LogP contribution is 2.27. The van der Waals surface area contributed by atoms with E-state index in [1.165, 1.54) is 7.11 Å². The van der Waals surface area contributed by atoms with E-state index < -0.39 is 10.0 Å². The summed E-state index contributed by atoms with van der Waals surface area (Å²) in [5, 5.41) is 0.457. The normalized spacial score (nSPS) is 11.1. The Morgan fingerprint density at radius 2 is 2.00 bits per heavy atom. The van der Waals surface area contributed by atoms with Gasteiger partial charge in [-0.2, -0.15) is 12.8 Å². The molecule has 6 nitrogen and oxygen atoms in total. The maximum Gasteiger partial charge on any atom is 0.293 e. The number of nitrogens with zero attached hydrogens (tertiary/aromatic N) is 2. The van der Waals surface area contributed by atoms with E-state index in [4.69, 9.17) is 16.3 Å². The lowest BCUT2D eigenvalue weighted by Crippen LogP contribution is -2.24. The standard InChI is InChI=1S/C13H14ClN3O3S2/c1-8(2)12(20-3)17-22(18,19)13-15-11(16-21-13)9-6-4-5-7-10(9)14/h4-7,17H,1-3H3. The first kappa shape index (κ1) is 16.7. The van der Waals surface area contributed by atoms with Crippen molar-refractivity contribution in [2.75, 3.05) is 7.11 Å². The van der Waals surface area contributed by atoms with Crippen LogP contribution in [0.2, 0.25) is 5.02 Å². The molecule has 0 unspecified atom stereocenters. The summed E-state index contributed by atoms with van der Waals surface area (Å²) >= 11 is 6.84. The summed E-state index contributed by atoms with van der Waals surface area (Å²) in [6.07, 6.45) is 0. The molecular weight excluding hydrogens is 346 g/mol. The maximum atomic E-state index is 12.3. The molecule has 0 saturated heterocycles. The van der Waals surface area contributed by atoms with E-state index in [9.17, 15) is 8.42 Å². The number of allylic oxidation sites excluding steroid dienone is 1. The highest BCUT2D eigenvalue weighted by molar-refractivity contribution is 7.91. The summed E-state index contributed by atoms with van der Waals surface area (Å²) in [7, 11) is -2.46. The van der Waals surface area contributed by atoms with Gasteiger partial charge in [0.25, 0.3) is 10.0 Å². The number of rotatable bonds is 5. The number of hydrogen-bond acceptors (Lipinski definition) is 6. The Hall–Kier alpha value is -1.64. The average Bonchev–Trinajstić information content (AvgIpc) is 2.95. The van der Waals surface area contributed by atoms with Crippen LogP contribution in [0.1, 0.15) is 13.8 Å². The van der Waals surface area contributed by atoms with Crippen LogP contribution in [0, 0.1) is 0 Å². The van der Waals surface area contributed by atoms with Crippen molar-refractivity contribution in [3.05, 3.63) is 40.7 Å². The summed E-state index contributed by atoms with van der Waals surface area (Å²) in [5.74, 6) is 0.432. The van der Waals surface area contributed by atoms with Gasteiger partial charge >= 0.3 is 0 Å². The molecule has 0 aliphatic heterocycles. The summed E-state index contributed by atoms with van der Waals surface area (Å²) in [6.45, 7) is 3.47. The molecule has 9 heteroatoms. The van der Waals surface area contributed by atoms with Crippen LogP contribution in [-0.2, 0) is 14.8 Å². The first-order valence-electron chi connectivity index (χ1n) is 6.18. The number of sulfonamides is 1. The third kappa shape index (κ3) is 3.57. The minimum absolute atomic E-state index is 0.154. The minimum Gasteiger partial charge on any atom is -0.482 e. The molecule has 2 aromatic rings. The molecule has 22 heavy (non-hydrogen) atoms. The third-order valence-corrected chi connectivity index (χ3v) is 5.37. The molecule has 0 aliphatic rings. The van der Waals surface area contributed by atoms with Gasteiger partial charge < -0.3 is 4.74 Å². The maximum absolute atomic E-state index is 12.3. The van der Waals surface area contributed by atoms with Crippen molar-refractivity contribution < 1.29 is 13.2 Å². The zero-order valence-electron chi connectivity index (χ0n) is 12.1.